The third-order valence-electron chi connectivity index (χ3n) is 4.24. The predicted octanol–water partition coefficient (Wildman–Crippen LogP) is 3.17. The first-order valence-electron chi connectivity index (χ1n) is 8.01. The summed E-state index contributed by atoms with van der Waals surface area (Å²) in [6.45, 7) is 8.25. The van der Waals surface area contributed by atoms with Crippen LogP contribution in [0.15, 0.2) is 24.3 Å². The molecule has 1 aliphatic rings. The molecule has 0 aromatic heterocycles. The Morgan fingerprint density at radius 2 is 2.27 bits per heavy atom. The van der Waals surface area contributed by atoms with Crippen molar-refractivity contribution >= 4 is 17.4 Å². The lowest BCUT2D eigenvalue weighted by atomic mass is 10.2. The summed E-state index contributed by atoms with van der Waals surface area (Å²) in [5.74, 6) is 0. The lowest BCUT2D eigenvalue weighted by Gasteiger charge is -2.35. The Labute approximate surface area is 133 Å². The molecular weight excluding hydrogens is 278 g/mol. The summed E-state index contributed by atoms with van der Waals surface area (Å²) in [4.78, 5) is 16.6. The van der Waals surface area contributed by atoms with Gasteiger partial charge in [0.25, 0.3) is 0 Å². The molecule has 0 unspecified atom stereocenters. The Morgan fingerprint density at radius 1 is 1.50 bits per heavy atom. The molecule has 1 aliphatic heterocycles. The zero-order chi connectivity index (χ0) is 16.1. The Morgan fingerprint density at radius 3 is 2.95 bits per heavy atom. The number of nitrogens with one attached hydrogen (secondary N) is 1. The molecule has 22 heavy (non-hydrogen) atoms. The maximum Gasteiger partial charge on any atom is 0.322 e. The Kier molecular flexibility index (Phi) is 5.66. The predicted molar refractivity (Wildman–Crippen MR) is 90.6 cm³/mol. The van der Waals surface area contributed by atoms with Crippen LogP contribution < -0.4 is 10.2 Å². The van der Waals surface area contributed by atoms with Crippen LogP contribution in [0.5, 0.6) is 0 Å². The van der Waals surface area contributed by atoms with Crippen LogP contribution in [0.2, 0.25) is 0 Å². The van der Waals surface area contributed by atoms with Gasteiger partial charge in [0, 0.05) is 31.0 Å². The Bertz CT molecular complexity index is 504. The number of anilines is 2. The zero-order valence-electron chi connectivity index (χ0n) is 14.0. The van der Waals surface area contributed by atoms with Gasteiger partial charge in [-0.15, -0.1) is 0 Å². The van der Waals surface area contributed by atoms with E-state index in [4.69, 9.17) is 4.74 Å². The second-order valence-corrected chi connectivity index (χ2v) is 6.02. The first kappa shape index (κ1) is 16.6. The molecule has 122 valence electrons. The SMILES string of the molecule is CC[C@H]1COCCN1C(=O)Nc1cccc(N(C)C(C)C)c1. The molecule has 5 heteroatoms. The van der Waals surface area contributed by atoms with Crippen molar-refractivity contribution in [3.63, 3.8) is 0 Å². The number of nitrogens with zero attached hydrogens (tertiary/aromatic N) is 2. The maximum atomic E-state index is 12.5. The highest BCUT2D eigenvalue weighted by Crippen LogP contribution is 2.21. The van der Waals surface area contributed by atoms with Crippen LogP contribution >= 0.6 is 0 Å². The number of benzene rings is 1. The van der Waals surface area contributed by atoms with E-state index in [0.717, 1.165) is 17.8 Å². The highest BCUT2D eigenvalue weighted by molar-refractivity contribution is 5.90. The van der Waals surface area contributed by atoms with Gasteiger partial charge in [-0.2, -0.15) is 0 Å². The standard InChI is InChI=1S/C17H27N3O2/c1-5-15-12-22-10-9-20(15)17(21)18-14-7-6-8-16(11-14)19(4)13(2)3/h6-8,11,13,15H,5,9-10,12H2,1-4H3,(H,18,21)/t15-/m0/s1. The van der Waals surface area contributed by atoms with E-state index in [9.17, 15) is 4.79 Å². The molecule has 1 heterocycles. The molecule has 1 N–H and O–H groups in total. The number of carbonyl (C=O) groups excluding carboxylic acids is 1. The highest BCUT2D eigenvalue weighted by Gasteiger charge is 2.25. The van der Waals surface area contributed by atoms with Crippen molar-refractivity contribution in [1.82, 2.24) is 4.90 Å². The summed E-state index contributed by atoms with van der Waals surface area (Å²) >= 11 is 0. The molecule has 1 fully saturated rings. The molecule has 1 saturated heterocycles. The summed E-state index contributed by atoms with van der Waals surface area (Å²) in [6, 6.07) is 8.50. The molecule has 1 aromatic rings. The molecule has 2 amide bonds. The van der Waals surface area contributed by atoms with E-state index in [1.807, 2.05) is 23.1 Å². The lowest BCUT2D eigenvalue weighted by Crippen LogP contribution is -2.50. The van der Waals surface area contributed by atoms with E-state index >= 15 is 0 Å². The van der Waals surface area contributed by atoms with Gasteiger partial charge >= 0.3 is 6.03 Å². The summed E-state index contributed by atoms with van der Waals surface area (Å²) < 4.78 is 5.45. The number of hydrogen-bond donors (Lipinski definition) is 1. The van der Waals surface area contributed by atoms with Crippen molar-refractivity contribution in [3.05, 3.63) is 24.3 Å². The number of rotatable bonds is 4. The second-order valence-electron chi connectivity index (χ2n) is 6.02. The van der Waals surface area contributed by atoms with Crippen molar-refractivity contribution in [1.29, 1.82) is 0 Å². The number of amides is 2. The molecule has 0 radical (unpaired) electrons. The number of carbonyl (C=O) groups is 1. The maximum absolute atomic E-state index is 12.5. The van der Waals surface area contributed by atoms with Crippen LogP contribution in [-0.4, -0.2) is 49.8 Å². The molecule has 0 bridgehead atoms. The highest BCUT2D eigenvalue weighted by atomic mass is 16.5. The van der Waals surface area contributed by atoms with E-state index < -0.39 is 0 Å². The average molecular weight is 305 g/mol. The Hall–Kier alpha value is -1.75. The minimum Gasteiger partial charge on any atom is -0.377 e. The first-order chi connectivity index (χ1) is 10.5. The van der Waals surface area contributed by atoms with Gasteiger partial charge in [0.2, 0.25) is 0 Å². The summed E-state index contributed by atoms with van der Waals surface area (Å²) in [5.41, 5.74) is 1.93. The van der Waals surface area contributed by atoms with Crippen LogP contribution in [-0.2, 0) is 4.74 Å². The van der Waals surface area contributed by atoms with Gasteiger partial charge in [0.15, 0.2) is 0 Å². The van der Waals surface area contributed by atoms with Crippen molar-refractivity contribution in [3.8, 4) is 0 Å². The van der Waals surface area contributed by atoms with Crippen LogP contribution in [0.4, 0.5) is 16.2 Å². The van der Waals surface area contributed by atoms with Crippen LogP contribution in [0.3, 0.4) is 0 Å². The molecule has 0 saturated carbocycles. The molecule has 0 spiro atoms. The van der Waals surface area contributed by atoms with Crippen molar-refractivity contribution < 1.29 is 9.53 Å². The minimum absolute atomic E-state index is 0.0421. The van der Waals surface area contributed by atoms with E-state index in [-0.39, 0.29) is 12.1 Å². The van der Waals surface area contributed by atoms with Crippen LogP contribution in [0.25, 0.3) is 0 Å². The fourth-order valence-electron chi connectivity index (χ4n) is 2.56. The van der Waals surface area contributed by atoms with Gasteiger partial charge in [-0.05, 0) is 38.5 Å². The van der Waals surface area contributed by atoms with Gasteiger partial charge < -0.3 is 19.9 Å². The smallest absolute Gasteiger partial charge is 0.322 e. The normalized spacial score (nSPS) is 18.4. The van der Waals surface area contributed by atoms with E-state index in [2.05, 4.69) is 44.1 Å². The van der Waals surface area contributed by atoms with E-state index in [1.165, 1.54) is 0 Å². The molecule has 2 rings (SSSR count). The van der Waals surface area contributed by atoms with Gasteiger partial charge in [0.05, 0.1) is 19.3 Å². The third kappa shape index (κ3) is 3.91. The molecule has 5 nitrogen and oxygen atoms in total. The lowest BCUT2D eigenvalue weighted by molar-refractivity contribution is 0.0144. The fraction of sp³-hybridized carbons (Fsp3) is 0.588. The number of urea groups is 1. The van der Waals surface area contributed by atoms with E-state index in [0.29, 0.717) is 25.8 Å². The molecule has 1 atom stereocenters. The van der Waals surface area contributed by atoms with Crippen molar-refractivity contribution in [2.24, 2.45) is 0 Å². The van der Waals surface area contributed by atoms with Crippen molar-refractivity contribution in [2.75, 3.05) is 37.0 Å². The van der Waals surface area contributed by atoms with Gasteiger partial charge in [-0.25, -0.2) is 4.79 Å². The Balaban J connectivity index is 2.06. The largest absolute Gasteiger partial charge is 0.377 e. The second kappa shape index (κ2) is 7.49. The number of hydrogen-bond acceptors (Lipinski definition) is 3. The zero-order valence-corrected chi connectivity index (χ0v) is 14.0. The quantitative estimate of drug-likeness (QED) is 0.929. The topological polar surface area (TPSA) is 44.8 Å². The summed E-state index contributed by atoms with van der Waals surface area (Å²) in [5, 5.41) is 3.01. The molecule has 1 aromatic carbocycles. The van der Waals surface area contributed by atoms with Crippen molar-refractivity contribution in [2.45, 2.75) is 39.3 Å². The monoisotopic (exact) mass is 305 g/mol. The minimum atomic E-state index is -0.0421. The molecular formula is C17H27N3O2. The summed E-state index contributed by atoms with van der Waals surface area (Å²) in [7, 11) is 2.06. The van der Waals surface area contributed by atoms with Gasteiger partial charge in [0.1, 0.15) is 0 Å². The van der Waals surface area contributed by atoms with Crippen LogP contribution in [0.1, 0.15) is 27.2 Å². The molecule has 0 aliphatic carbocycles. The van der Waals surface area contributed by atoms with Gasteiger partial charge in [-0.3, -0.25) is 0 Å². The third-order valence-corrected chi connectivity index (χ3v) is 4.24. The summed E-state index contributed by atoms with van der Waals surface area (Å²) in [6.07, 6.45) is 0.906. The fourth-order valence-corrected chi connectivity index (χ4v) is 2.56. The van der Waals surface area contributed by atoms with Gasteiger partial charge in [-0.1, -0.05) is 13.0 Å². The van der Waals surface area contributed by atoms with E-state index in [1.54, 1.807) is 0 Å². The first-order valence-corrected chi connectivity index (χ1v) is 8.01. The average Bonchev–Trinajstić information content (AvgIpc) is 2.54. The van der Waals surface area contributed by atoms with Crippen LogP contribution in [0, 0.1) is 0 Å². The number of morpholine rings is 1. The number of ether oxygens (including phenoxy) is 1.